The molecule has 0 unspecified atom stereocenters. The summed E-state index contributed by atoms with van der Waals surface area (Å²) < 4.78 is 26.7. The maximum Gasteiger partial charge on any atom is 0.243 e. The van der Waals surface area contributed by atoms with Gasteiger partial charge < -0.3 is 10.2 Å². The van der Waals surface area contributed by atoms with Crippen molar-refractivity contribution in [2.45, 2.75) is 70.5 Å². The first kappa shape index (κ1) is 31.6. The molecule has 1 atom stereocenters. The number of hydrogen-bond donors (Lipinski definition) is 1. The molecule has 0 bridgehead atoms. The van der Waals surface area contributed by atoms with Crippen molar-refractivity contribution in [3.8, 4) is 0 Å². The second-order valence-corrected chi connectivity index (χ2v) is 13.4. The van der Waals surface area contributed by atoms with Crippen LogP contribution >= 0.6 is 11.6 Å². The van der Waals surface area contributed by atoms with Crippen LogP contribution in [0.25, 0.3) is 0 Å². The lowest BCUT2D eigenvalue weighted by molar-refractivity contribution is -0.141. The number of amides is 2. The van der Waals surface area contributed by atoms with E-state index in [1.54, 1.807) is 29.2 Å². The Balaban J connectivity index is 1.59. The van der Waals surface area contributed by atoms with E-state index >= 15 is 0 Å². The van der Waals surface area contributed by atoms with Crippen LogP contribution < -0.4 is 9.62 Å². The molecule has 9 heteroatoms. The fraction of sp³-hybridized carbons (Fsp3) is 0.394. The van der Waals surface area contributed by atoms with Gasteiger partial charge in [-0.05, 0) is 61.1 Å². The standard InChI is InChI=1S/C33H40ClN3O4S/c1-25-12-6-9-19-30(25)37(42(2,40)41)21-11-20-32(38)36(24-27-15-10-16-28(34)22-27)31(23-26-13-4-3-5-14-26)33(39)35-29-17-7-8-18-29/h3-6,9-10,12-16,19,22,29,31H,7-8,11,17-18,20-21,23-24H2,1-2H3,(H,35,39)/t31-/m1/s1. The largest absolute Gasteiger partial charge is 0.352 e. The van der Waals surface area contributed by atoms with Gasteiger partial charge in [0.2, 0.25) is 21.8 Å². The molecular formula is C33H40ClN3O4S. The first-order valence-electron chi connectivity index (χ1n) is 14.5. The van der Waals surface area contributed by atoms with Gasteiger partial charge in [0, 0.05) is 37.0 Å². The highest BCUT2D eigenvalue weighted by atomic mass is 35.5. The average Bonchev–Trinajstić information content (AvgIpc) is 3.46. The molecule has 0 saturated heterocycles. The van der Waals surface area contributed by atoms with E-state index in [4.69, 9.17) is 11.6 Å². The quantitative estimate of drug-likeness (QED) is 0.262. The molecule has 1 fully saturated rings. The second kappa shape index (κ2) is 14.7. The number of rotatable bonds is 13. The number of halogens is 1. The van der Waals surface area contributed by atoms with Gasteiger partial charge in [0.05, 0.1) is 11.9 Å². The van der Waals surface area contributed by atoms with Crippen LogP contribution in [-0.4, -0.2) is 50.0 Å². The lowest BCUT2D eigenvalue weighted by atomic mass is 10.0. The van der Waals surface area contributed by atoms with E-state index < -0.39 is 16.1 Å². The van der Waals surface area contributed by atoms with Crippen molar-refractivity contribution < 1.29 is 18.0 Å². The van der Waals surface area contributed by atoms with Crippen molar-refractivity contribution in [3.63, 3.8) is 0 Å². The number of hydrogen-bond acceptors (Lipinski definition) is 4. The van der Waals surface area contributed by atoms with Crippen LogP contribution in [0.15, 0.2) is 78.9 Å². The highest BCUT2D eigenvalue weighted by Crippen LogP contribution is 2.24. The molecule has 0 aromatic heterocycles. The van der Waals surface area contributed by atoms with Gasteiger partial charge in [0.1, 0.15) is 6.04 Å². The summed E-state index contributed by atoms with van der Waals surface area (Å²) in [5.41, 5.74) is 3.21. The smallest absolute Gasteiger partial charge is 0.243 e. The number of sulfonamides is 1. The molecule has 3 aromatic carbocycles. The molecule has 1 aliphatic rings. The van der Waals surface area contributed by atoms with Crippen LogP contribution in [0.5, 0.6) is 0 Å². The zero-order chi connectivity index (χ0) is 30.1. The summed E-state index contributed by atoms with van der Waals surface area (Å²) in [4.78, 5) is 29.4. The van der Waals surface area contributed by atoms with Crippen LogP contribution in [0.1, 0.15) is 55.2 Å². The Labute approximate surface area is 254 Å². The molecule has 2 amide bonds. The highest BCUT2D eigenvalue weighted by molar-refractivity contribution is 7.92. The normalized spacial score (nSPS) is 14.4. The molecule has 7 nitrogen and oxygen atoms in total. The van der Waals surface area contributed by atoms with Crippen molar-refractivity contribution in [2.75, 3.05) is 17.1 Å². The third kappa shape index (κ3) is 8.82. The molecule has 42 heavy (non-hydrogen) atoms. The molecule has 1 aliphatic carbocycles. The van der Waals surface area contributed by atoms with E-state index in [-0.39, 0.29) is 37.4 Å². The Kier molecular flexibility index (Phi) is 11.0. The van der Waals surface area contributed by atoms with Gasteiger partial charge in [-0.15, -0.1) is 0 Å². The molecule has 224 valence electrons. The zero-order valence-corrected chi connectivity index (χ0v) is 25.9. The van der Waals surface area contributed by atoms with Crippen molar-refractivity contribution in [2.24, 2.45) is 0 Å². The summed E-state index contributed by atoms with van der Waals surface area (Å²) in [5.74, 6) is -0.380. The number of para-hydroxylation sites is 1. The predicted octanol–water partition coefficient (Wildman–Crippen LogP) is 5.89. The van der Waals surface area contributed by atoms with Crippen LogP contribution in [0.4, 0.5) is 5.69 Å². The summed E-state index contributed by atoms with van der Waals surface area (Å²) >= 11 is 6.28. The number of anilines is 1. The number of nitrogens with one attached hydrogen (secondary N) is 1. The van der Waals surface area contributed by atoms with E-state index in [1.165, 1.54) is 10.6 Å². The number of benzene rings is 3. The summed E-state index contributed by atoms with van der Waals surface area (Å²) in [7, 11) is -3.57. The summed E-state index contributed by atoms with van der Waals surface area (Å²) in [5, 5.41) is 3.76. The minimum atomic E-state index is -3.57. The molecule has 3 aromatic rings. The number of nitrogens with zero attached hydrogens (tertiary/aromatic N) is 2. The molecule has 1 N–H and O–H groups in total. The first-order valence-corrected chi connectivity index (χ1v) is 16.8. The second-order valence-electron chi connectivity index (χ2n) is 11.1. The molecule has 0 heterocycles. The van der Waals surface area contributed by atoms with E-state index in [0.29, 0.717) is 23.6 Å². The van der Waals surface area contributed by atoms with E-state index in [2.05, 4.69) is 5.32 Å². The third-order valence-electron chi connectivity index (χ3n) is 7.75. The van der Waals surface area contributed by atoms with E-state index in [0.717, 1.165) is 42.4 Å². The summed E-state index contributed by atoms with van der Waals surface area (Å²) in [6.45, 7) is 2.23. The highest BCUT2D eigenvalue weighted by Gasteiger charge is 2.32. The van der Waals surface area contributed by atoms with Crippen LogP contribution in [-0.2, 0) is 32.6 Å². The zero-order valence-electron chi connectivity index (χ0n) is 24.3. The monoisotopic (exact) mass is 609 g/mol. The number of carbonyl (C=O) groups is 2. The number of aryl methyl sites for hydroxylation is 1. The van der Waals surface area contributed by atoms with Crippen molar-refractivity contribution in [1.82, 2.24) is 10.2 Å². The maximum absolute atomic E-state index is 14.0. The fourth-order valence-corrected chi connectivity index (χ4v) is 6.81. The Morgan fingerprint density at radius 3 is 2.29 bits per heavy atom. The molecule has 0 aliphatic heterocycles. The average molecular weight is 610 g/mol. The molecule has 4 rings (SSSR count). The lowest BCUT2D eigenvalue weighted by Gasteiger charge is -2.33. The van der Waals surface area contributed by atoms with Gasteiger partial charge in [-0.3, -0.25) is 13.9 Å². The summed E-state index contributed by atoms with van der Waals surface area (Å²) in [6, 6.07) is 23.7. The van der Waals surface area contributed by atoms with Gasteiger partial charge in [-0.1, -0.05) is 85.1 Å². The van der Waals surface area contributed by atoms with E-state index in [1.807, 2.05) is 61.5 Å². The maximum atomic E-state index is 14.0. The lowest BCUT2D eigenvalue weighted by Crippen LogP contribution is -2.52. The van der Waals surface area contributed by atoms with Crippen molar-refractivity contribution in [3.05, 3.63) is 101 Å². The topological polar surface area (TPSA) is 86.8 Å². The van der Waals surface area contributed by atoms with Gasteiger partial charge in [-0.2, -0.15) is 0 Å². The predicted molar refractivity (Wildman–Crippen MR) is 169 cm³/mol. The SMILES string of the molecule is Cc1ccccc1N(CCCC(=O)N(Cc1cccc(Cl)c1)[C@H](Cc1ccccc1)C(=O)NC1CCCC1)S(C)(=O)=O. The van der Waals surface area contributed by atoms with Gasteiger partial charge in [0.25, 0.3) is 0 Å². The van der Waals surface area contributed by atoms with Crippen molar-refractivity contribution in [1.29, 1.82) is 0 Å². The van der Waals surface area contributed by atoms with Gasteiger partial charge in [-0.25, -0.2) is 8.42 Å². The Morgan fingerprint density at radius 1 is 0.952 bits per heavy atom. The minimum absolute atomic E-state index is 0.0838. The Bertz CT molecular complexity index is 1460. The number of carbonyl (C=O) groups excluding carboxylic acids is 2. The molecule has 0 radical (unpaired) electrons. The van der Waals surface area contributed by atoms with Gasteiger partial charge >= 0.3 is 0 Å². The molecule has 0 spiro atoms. The van der Waals surface area contributed by atoms with Crippen molar-refractivity contribution >= 4 is 39.1 Å². The third-order valence-corrected chi connectivity index (χ3v) is 9.17. The van der Waals surface area contributed by atoms with Crippen LogP contribution in [0, 0.1) is 6.92 Å². The minimum Gasteiger partial charge on any atom is -0.352 e. The van der Waals surface area contributed by atoms with E-state index in [9.17, 15) is 18.0 Å². The Morgan fingerprint density at radius 2 is 1.62 bits per heavy atom. The first-order chi connectivity index (χ1) is 20.1. The Hall–Kier alpha value is -3.36. The fourth-order valence-electron chi connectivity index (χ4n) is 5.58. The summed E-state index contributed by atoms with van der Waals surface area (Å²) in [6.07, 6.45) is 5.96. The molecule has 1 saturated carbocycles. The molecular weight excluding hydrogens is 570 g/mol. The van der Waals surface area contributed by atoms with Gasteiger partial charge in [0.15, 0.2) is 0 Å². The van der Waals surface area contributed by atoms with Crippen LogP contribution in [0.2, 0.25) is 5.02 Å². The van der Waals surface area contributed by atoms with Crippen LogP contribution in [0.3, 0.4) is 0 Å².